The Bertz CT molecular complexity index is 529. The van der Waals surface area contributed by atoms with Gasteiger partial charge in [0.05, 0.1) is 0 Å². The molecule has 0 bridgehead atoms. The number of imidazole rings is 1. The molecule has 0 unspecified atom stereocenters. The second-order valence-corrected chi connectivity index (χ2v) is 2.84. The van der Waals surface area contributed by atoms with Gasteiger partial charge in [-0.15, -0.1) is 0 Å². The Morgan fingerprint density at radius 1 is 1.08 bits per heavy atom. The van der Waals surface area contributed by atoms with Crippen molar-refractivity contribution in [1.82, 2.24) is 9.97 Å². The zero-order valence-corrected chi connectivity index (χ0v) is 6.77. The lowest BCUT2D eigenvalue weighted by molar-refractivity contribution is 0.603. The molecule has 0 amide bonds. The number of fused-ring (bicyclic) bond motifs is 3. The number of rotatable bonds is 0. The van der Waals surface area contributed by atoms with Crippen LogP contribution in [0.15, 0.2) is 41.3 Å². The molecule has 0 fully saturated rings. The van der Waals surface area contributed by atoms with Crippen molar-refractivity contribution in [2.45, 2.75) is 0 Å². The summed E-state index contributed by atoms with van der Waals surface area (Å²) in [5.74, 6) is 0. The third kappa shape index (κ3) is 0.839. The van der Waals surface area contributed by atoms with Crippen molar-refractivity contribution >= 4 is 11.0 Å². The molecule has 2 aliphatic rings. The Hall–Kier alpha value is -1.90. The van der Waals surface area contributed by atoms with Crippen LogP contribution >= 0.6 is 0 Å². The van der Waals surface area contributed by atoms with Gasteiger partial charge in [-0.05, 0) is 12.1 Å². The van der Waals surface area contributed by atoms with Gasteiger partial charge in [0.1, 0.15) is 29.6 Å². The summed E-state index contributed by atoms with van der Waals surface area (Å²) >= 11 is 0. The van der Waals surface area contributed by atoms with E-state index in [1.165, 1.54) is 0 Å². The molecular weight excluding hydrogens is 164 g/mol. The lowest BCUT2D eigenvalue weighted by Crippen LogP contribution is -1.80. The summed E-state index contributed by atoms with van der Waals surface area (Å²) in [5, 5.41) is 1.01. The molecule has 2 aliphatic heterocycles. The van der Waals surface area contributed by atoms with E-state index in [9.17, 15) is 0 Å². The van der Waals surface area contributed by atoms with Crippen LogP contribution in [0.3, 0.4) is 0 Å². The first-order valence-electron chi connectivity index (χ1n) is 4.02. The standard InChI is InChI=1S/C10H6N2O/c1-2-4-9-7(3-1)10-8(5-13-9)11-6-12-10/h1-6H. The van der Waals surface area contributed by atoms with Gasteiger partial charge in [0.15, 0.2) is 0 Å². The van der Waals surface area contributed by atoms with Gasteiger partial charge in [0, 0.05) is 5.39 Å². The highest BCUT2D eigenvalue weighted by atomic mass is 16.3. The highest BCUT2D eigenvalue weighted by molar-refractivity contribution is 5.90. The summed E-state index contributed by atoms with van der Waals surface area (Å²) in [6, 6.07) is 7.80. The molecule has 2 heterocycles. The van der Waals surface area contributed by atoms with Gasteiger partial charge in [-0.25, -0.2) is 9.97 Å². The summed E-state index contributed by atoms with van der Waals surface area (Å²) in [6.07, 6.45) is 3.18. The zero-order valence-electron chi connectivity index (χ0n) is 6.77. The first-order chi connectivity index (χ1) is 6.45. The number of benzene rings is 1. The summed E-state index contributed by atoms with van der Waals surface area (Å²) in [7, 11) is 0. The molecule has 0 aliphatic carbocycles. The molecule has 0 radical (unpaired) electrons. The quantitative estimate of drug-likeness (QED) is 0.519. The molecule has 0 N–H and O–H groups in total. The van der Waals surface area contributed by atoms with Gasteiger partial charge in [0.2, 0.25) is 0 Å². The van der Waals surface area contributed by atoms with Gasteiger partial charge in [0.25, 0.3) is 0 Å². The van der Waals surface area contributed by atoms with Gasteiger partial charge >= 0.3 is 0 Å². The van der Waals surface area contributed by atoms with Crippen molar-refractivity contribution in [1.29, 1.82) is 0 Å². The largest absolute Gasteiger partial charge is 0.462 e. The fraction of sp³-hybridized carbons (Fsp3) is 0. The number of hydrogen-bond acceptors (Lipinski definition) is 3. The number of aromatic nitrogens is 2. The van der Waals surface area contributed by atoms with Crippen LogP contribution in [0.5, 0.6) is 0 Å². The minimum atomic E-state index is 0.804. The van der Waals surface area contributed by atoms with E-state index in [2.05, 4.69) is 9.97 Å². The molecule has 0 saturated carbocycles. The smallest absolute Gasteiger partial charge is 0.136 e. The highest BCUT2D eigenvalue weighted by Gasteiger charge is 2.10. The molecule has 0 saturated heterocycles. The van der Waals surface area contributed by atoms with Crippen LogP contribution < -0.4 is 0 Å². The van der Waals surface area contributed by atoms with Crippen molar-refractivity contribution in [3.05, 3.63) is 36.9 Å². The van der Waals surface area contributed by atoms with Gasteiger partial charge in [-0.1, -0.05) is 12.1 Å². The van der Waals surface area contributed by atoms with Crippen LogP contribution in [0, 0.1) is 0 Å². The normalized spacial score (nSPS) is 11.1. The van der Waals surface area contributed by atoms with Gasteiger partial charge < -0.3 is 4.42 Å². The van der Waals surface area contributed by atoms with Crippen LogP contribution in [0.1, 0.15) is 0 Å². The van der Waals surface area contributed by atoms with Gasteiger partial charge in [-0.2, -0.15) is 0 Å². The van der Waals surface area contributed by atoms with E-state index in [1.54, 1.807) is 12.6 Å². The molecule has 1 aromatic rings. The SMILES string of the molecule is c1ccc2c3ncnc-3coc2c1. The molecule has 0 aromatic heterocycles. The minimum Gasteiger partial charge on any atom is -0.462 e. The van der Waals surface area contributed by atoms with E-state index in [4.69, 9.17) is 4.42 Å². The third-order valence-corrected chi connectivity index (χ3v) is 2.07. The molecule has 62 valence electrons. The average Bonchev–Trinajstić information content (AvgIpc) is 2.65. The Morgan fingerprint density at radius 3 is 3.00 bits per heavy atom. The van der Waals surface area contributed by atoms with Crippen molar-refractivity contribution in [3.8, 4) is 11.4 Å². The van der Waals surface area contributed by atoms with Crippen LogP contribution in [-0.2, 0) is 0 Å². The van der Waals surface area contributed by atoms with E-state index in [-0.39, 0.29) is 0 Å². The summed E-state index contributed by atoms with van der Waals surface area (Å²) in [5.41, 5.74) is 2.55. The molecule has 0 spiro atoms. The lowest BCUT2D eigenvalue weighted by atomic mass is 10.1. The summed E-state index contributed by atoms with van der Waals surface area (Å²) in [4.78, 5) is 8.24. The Labute approximate surface area is 74.4 Å². The van der Waals surface area contributed by atoms with Crippen molar-refractivity contribution in [3.63, 3.8) is 0 Å². The molecule has 1 aromatic carbocycles. The average molecular weight is 170 g/mol. The van der Waals surface area contributed by atoms with E-state index < -0.39 is 0 Å². The predicted molar refractivity (Wildman–Crippen MR) is 48.4 cm³/mol. The third-order valence-electron chi connectivity index (χ3n) is 2.07. The monoisotopic (exact) mass is 170 g/mol. The van der Waals surface area contributed by atoms with Crippen LogP contribution in [0.25, 0.3) is 22.4 Å². The number of para-hydroxylation sites is 1. The molecule has 3 heteroatoms. The van der Waals surface area contributed by atoms with Crippen LogP contribution in [-0.4, -0.2) is 9.97 Å². The first-order valence-corrected chi connectivity index (χ1v) is 4.02. The topological polar surface area (TPSA) is 38.9 Å². The predicted octanol–water partition coefficient (Wildman–Crippen LogP) is 2.33. The molecule has 0 atom stereocenters. The maximum absolute atomic E-state index is 5.38. The van der Waals surface area contributed by atoms with Crippen molar-refractivity contribution in [2.24, 2.45) is 0 Å². The maximum Gasteiger partial charge on any atom is 0.136 e. The van der Waals surface area contributed by atoms with Crippen molar-refractivity contribution < 1.29 is 4.42 Å². The molecule has 3 rings (SSSR count). The van der Waals surface area contributed by atoms with Crippen molar-refractivity contribution in [2.75, 3.05) is 0 Å². The van der Waals surface area contributed by atoms with Gasteiger partial charge in [-0.3, -0.25) is 0 Å². The molecular formula is C10H6N2O. The number of hydrogen-bond donors (Lipinski definition) is 0. The first kappa shape index (κ1) is 6.60. The number of nitrogens with zero attached hydrogens (tertiary/aromatic N) is 2. The fourth-order valence-corrected chi connectivity index (χ4v) is 1.45. The summed E-state index contributed by atoms with van der Waals surface area (Å²) < 4.78 is 5.38. The summed E-state index contributed by atoms with van der Waals surface area (Å²) in [6.45, 7) is 0. The lowest BCUT2D eigenvalue weighted by Gasteiger charge is -1.99. The minimum absolute atomic E-state index is 0.804. The zero-order chi connectivity index (χ0) is 8.67. The Kier molecular flexibility index (Phi) is 1.16. The Morgan fingerprint density at radius 2 is 2.00 bits per heavy atom. The van der Waals surface area contributed by atoms with Crippen LogP contribution in [0.2, 0.25) is 0 Å². The van der Waals surface area contributed by atoms with E-state index in [0.717, 1.165) is 22.4 Å². The van der Waals surface area contributed by atoms with E-state index >= 15 is 0 Å². The highest BCUT2D eigenvalue weighted by Crippen LogP contribution is 2.26. The second-order valence-electron chi connectivity index (χ2n) is 2.84. The fourth-order valence-electron chi connectivity index (χ4n) is 1.45. The molecule has 3 nitrogen and oxygen atoms in total. The van der Waals surface area contributed by atoms with E-state index in [0.29, 0.717) is 0 Å². The van der Waals surface area contributed by atoms with E-state index in [1.807, 2.05) is 24.3 Å². The van der Waals surface area contributed by atoms with Crippen LogP contribution in [0.4, 0.5) is 0 Å². The second kappa shape index (κ2) is 2.29. The molecule has 13 heavy (non-hydrogen) atoms. The Balaban J connectivity index is 2.57. The maximum atomic E-state index is 5.38.